The van der Waals surface area contributed by atoms with E-state index in [1.807, 2.05) is 0 Å². The molecule has 2 rings (SSSR count). The lowest BCUT2D eigenvalue weighted by Gasteiger charge is -2.12. The van der Waals surface area contributed by atoms with Crippen LogP contribution in [0.4, 0.5) is 5.69 Å². The third kappa shape index (κ3) is 4.63. The van der Waals surface area contributed by atoms with Crippen molar-refractivity contribution in [2.75, 3.05) is 19.5 Å². The molecule has 28 heavy (non-hydrogen) atoms. The molecule has 1 heterocycles. The molecular weight excluding hydrogens is 386 g/mol. The van der Waals surface area contributed by atoms with Gasteiger partial charge in [0.15, 0.2) is 0 Å². The molecule has 0 aliphatic rings. The molecule has 0 aliphatic heterocycles. The molecule has 150 valence electrons. The average Bonchev–Trinajstić information content (AvgIpc) is 2.69. The van der Waals surface area contributed by atoms with Crippen molar-refractivity contribution < 1.29 is 19.4 Å². The molecule has 0 spiro atoms. The molecule has 0 saturated carbocycles. The van der Waals surface area contributed by atoms with Crippen LogP contribution in [0.1, 0.15) is 12.5 Å². The van der Waals surface area contributed by atoms with E-state index in [1.54, 1.807) is 31.2 Å². The number of aromatic nitrogens is 2. The fourth-order valence-electron chi connectivity index (χ4n) is 2.28. The van der Waals surface area contributed by atoms with Crippen LogP contribution < -0.4 is 16.0 Å². The van der Waals surface area contributed by atoms with Crippen LogP contribution in [0.5, 0.6) is 11.6 Å². The highest BCUT2D eigenvalue weighted by atomic mass is 32.2. The van der Waals surface area contributed by atoms with E-state index in [-0.39, 0.29) is 23.0 Å². The second kappa shape index (κ2) is 9.27. The van der Waals surface area contributed by atoms with Gasteiger partial charge in [-0.05, 0) is 31.2 Å². The number of carbonyl (C=O) groups excluding carboxylic acids is 1. The molecule has 0 saturated heterocycles. The Morgan fingerprint density at radius 2 is 1.82 bits per heavy atom. The van der Waals surface area contributed by atoms with Crippen molar-refractivity contribution >= 4 is 28.5 Å². The number of hydrogen-bond donors (Lipinski definition) is 1. The van der Waals surface area contributed by atoms with Crippen LogP contribution in [0, 0.1) is 0 Å². The Balaban J connectivity index is 2.58. The number of ether oxygens (including phenoxy) is 2. The third-order valence-electron chi connectivity index (χ3n) is 3.78. The van der Waals surface area contributed by atoms with Crippen LogP contribution in [0.2, 0.25) is 0 Å². The van der Waals surface area contributed by atoms with Gasteiger partial charge >= 0.3 is 11.7 Å². The van der Waals surface area contributed by atoms with E-state index in [0.717, 1.165) is 20.9 Å². The molecule has 2 aromatic rings. The summed E-state index contributed by atoms with van der Waals surface area (Å²) < 4.78 is 11.8. The van der Waals surface area contributed by atoms with Gasteiger partial charge in [-0.2, -0.15) is 0 Å². The Bertz CT molecular complexity index is 1010. The SMILES string of the molecule is CCOC(=O)CSC(=Nc1ccc(OC)cc1)c1c(O)n(C)c(=O)n(C)c1=O. The normalized spacial score (nSPS) is 11.4. The molecule has 9 nitrogen and oxygen atoms in total. The Kier molecular flexibility index (Phi) is 7.05. The second-order valence-corrected chi connectivity index (χ2v) is 6.58. The lowest BCUT2D eigenvalue weighted by molar-refractivity contribution is -0.139. The summed E-state index contributed by atoms with van der Waals surface area (Å²) in [6.45, 7) is 1.90. The van der Waals surface area contributed by atoms with E-state index in [4.69, 9.17) is 9.47 Å². The summed E-state index contributed by atoms with van der Waals surface area (Å²) in [7, 11) is 4.17. The maximum Gasteiger partial charge on any atom is 0.333 e. The Morgan fingerprint density at radius 1 is 1.18 bits per heavy atom. The highest BCUT2D eigenvalue weighted by Gasteiger charge is 2.22. The number of aromatic hydroxyl groups is 1. The number of nitrogens with zero attached hydrogens (tertiary/aromatic N) is 3. The Morgan fingerprint density at radius 3 is 2.39 bits per heavy atom. The summed E-state index contributed by atoms with van der Waals surface area (Å²) in [6, 6.07) is 6.69. The lowest BCUT2D eigenvalue weighted by atomic mass is 10.3. The van der Waals surface area contributed by atoms with Crippen LogP contribution in [0.3, 0.4) is 0 Å². The average molecular weight is 407 g/mol. The summed E-state index contributed by atoms with van der Waals surface area (Å²) >= 11 is 0.935. The highest BCUT2D eigenvalue weighted by molar-refractivity contribution is 8.15. The van der Waals surface area contributed by atoms with E-state index in [0.29, 0.717) is 11.4 Å². The van der Waals surface area contributed by atoms with E-state index >= 15 is 0 Å². The number of hydrogen-bond acceptors (Lipinski definition) is 8. The third-order valence-corrected chi connectivity index (χ3v) is 4.73. The number of aliphatic imine (C=N–C) groups is 1. The smallest absolute Gasteiger partial charge is 0.333 e. The molecule has 0 amide bonds. The zero-order chi connectivity index (χ0) is 20.8. The number of carbonyl (C=O) groups is 1. The maximum absolute atomic E-state index is 12.6. The first-order valence-corrected chi connectivity index (χ1v) is 9.29. The molecule has 10 heteroatoms. The van der Waals surface area contributed by atoms with Crippen LogP contribution in [-0.2, 0) is 23.6 Å². The first-order valence-electron chi connectivity index (χ1n) is 8.30. The van der Waals surface area contributed by atoms with Gasteiger partial charge in [0.25, 0.3) is 5.56 Å². The minimum atomic E-state index is -0.718. The van der Waals surface area contributed by atoms with Crippen LogP contribution in [-0.4, -0.2) is 44.7 Å². The van der Waals surface area contributed by atoms with Crippen LogP contribution in [0.25, 0.3) is 0 Å². The van der Waals surface area contributed by atoms with Crippen molar-refractivity contribution in [3.63, 3.8) is 0 Å². The number of thioether (sulfide) groups is 1. The predicted molar refractivity (Wildman–Crippen MR) is 107 cm³/mol. The first kappa shape index (κ1) is 21.3. The fraction of sp³-hybridized carbons (Fsp3) is 0.333. The van der Waals surface area contributed by atoms with Crippen molar-refractivity contribution in [1.29, 1.82) is 0 Å². The van der Waals surface area contributed by atoms with E-state index in [1.165, 1.54) is 21.2 Å². The number of benzene rings is 1. The summed E-state index contributed by atoms with van der Waals surface area (Å²) in [5.41, 5.74) is -1.09. The van der Waals surface area contributed by atoms with Gasteiger partial charge in [0.1, 0.15) is 16.4 Å². The fourth-order valence-corrected chi connectivity index (χ4v) is 3.12. The van der Waals surface area contributed by atoms with Crippen molar-refractivity contribution in [3.05, 3.63) is 50.7 Å². The van der Waals surface area contributed by atoms with E-state index < -0.39 is 23.1 Å². The van der Waals surface area contributed by atoms with Gasteiger partial charge in [-0.25, -0.2) is 9.79 Å². The van der Waals surface area contributed by atoms with Crippen molar-refractivity contribution in [3.8, 4) is 11.6 Å². The zero-order valence-electron chi connectivity index (χ0n) is 16.0. The van der Waals surface area contributed by atoms with Crippen molar-refractivity contribution in [2.45, 2.75) is 6.92 Å². The molecule has 0 atom stereocenters. The van der Waals surface area contributed by atoms with Crippen molar-refractivity contribution in [2.24, 2.45) is 19.1 Å². The number of rotatable bonds is 6. The molecule has 1 aromatic carbocycles. The molecule has 0 fully saturated rings. The molecule has 1 aromatic heterocycles. The van der Waals surface area contributed by atoms with Gasteiger partial charge in [0.2, 0.25) is 5.88 Å². The van der Waals surface area contributed by atoms with E-state index in [2.05, 4.69) is 4.99 Å². The van der Waals surface area contributed by atoms with Gasteiger partial charge < -0.3 is 14.6 Å². The summed E-state index contributed by atoms with van der Waals surface area (Å²) in [5, 5.41) is 10.5. The number of esters is 1. The van der Waals surface area contributed by atoms with Crippen LogP contribution >= 0.6 is 11.8 Å². The van der Waals surface area contributed by atoms with Gasteiger partial charge in [0, 0.05) is 14.1 Å². The van der Waals surface area contributed by atoms with Crippen molar-refractivity contribution in [1.82, 2.24) is 9.13 Å². The zero-order valence-corrected chi connectivity index (χ0v) is 16.8. The van der Waals surface area contributed by atoms with E-state index in [9.17, 15) is 19.5 Å². The predicted octanol–water partition coefficient (Wildman–Crippen LogP) is 1.17. The van der Waals surface area contributed by atoms with Gasteiger partial charge in [-0.1, -0.05) is 11.8 Å². The molecule has 1 N–H and O–H groups in total. The second-order valence-electron chi connectivity index (χ2n) is 5.61. The monoisotopic (exact) mass is 407 g/mol. The van der Waals surface area contributed by atoms with Crippen LogP contribution in [0.15, 0.2) is 38.8 Å². The molecular formula is C18H21N3O6S. The molecule has 0 aliphatic carbocycles. The molecule has 0 radical (unpaired) electrons. The first-order chi connectivity index (χ1) is 13.3. The lowest BCUT2D eigenvalue weighted by Crippen LogP contribution is -2.39. The Hall–Kier alpha value is -3.01. The topological polar surface area (TPSA) is 112 Å². The minimum Gasteiger partial charge on any atom is -0.497 e. The summed E-state index contributed by atoms with van der Waals surface area (Å²) in [6.07, 6.45) is 0. The minimum absolute atomic E-state index is 0.0897. The standard InChI is InChI=1S/C18H21N3O6S/c1-5-27-13(22)10-28-15(19-11-6-8-12(26-4)9-7-11)14-16(23)20(2)18(25)21(3)17(14)24/h6-9,23H,5,10H2,1-4H3. The van der Waals surface area contributed by atoms with Gasteiger partial charge in [-0.15, -0.1) is 0 Å². The number of methoxy groups -OCH3 is 1. The maximum atomic E-state index is 12.6. The largest absolute Gasteiger partial charge is 0.497 e. The van der Waals surface area contributed by atoms with Gasteiger partial charge in [0.05, 0.1) is 25.2 Å². The quantitative estimate of drug-likeness (QED) is 0.435. The summed E-state index contributed by atoms with van der Waals surface area (Å²) in [4.78, 5) is 40.8. The highest BCUT2D eigenvalue weighted by Crippen LogP contribution is 2.24. The molecule has 0 bridgehead atoms. The summed E-state index contributed by atoms with van der Waals surface area (Å²) in [5.74, 6) is -0.512. The molecule has 0 unspecified atom stereocenters. The Labute approximate surface area is 165 Å². The van der Waals surface area contributed by atoms with Gasteiger partial charge in [-0.3, -0.25) is 18.7 Å².